The number of fused-ring (bicyclic) bond motifs is 1. The lowest BCUT2D eigenvalue weighted by molar-refractivity contribution is 0.0925. The van der Waals surface area contributed by atoms with Crippen LogP contribution in [0.4, 0.5) is 11.4 Å². The van der Waals surface area contributed by atoms with E-state index in [4.69, 9.17) is 23.2 Å². The van der Waals surface area contributed by atoms with Gasteiger partial charge >= 0.3 is 0 Å². The summed E-state index contributed by atoms with van der Waals surface area (Å²) in [5.74, 6) is -1.27. The van der Waals surface area contributed by atoms with Crippen LogP contribution in [0.3, 0.4) is 0 Å². The molecule has 1 heterocycles. The van der Waals surface area contributed by atoms with E-state index in [1.165, 1.54) is 12.1 Å². The van der Waals surface area contributed by atoms with Gasteiger partial charge in [-0.05, 0) is 48.5 Å². The van der Waals surface area contributed by atoms with Gasteiger partial charge in [0, 0.05) is 11.3 Å². The van der Waals surface area contributed by atoms with Gasteiger partial charge in [0.1, 0.15) is 0 Å². The number of imide groups is 1. The van der Waals surface area contributed by atoms with Crippen LogP contribution in [-0.4, -0.2) is 17.7 Å². The number of benzene rings is 3. The van der Waals surface area contributed by atoms with Crippen LogP contribution in [0.2, 0.25) is 10.0 Å². The normalized spacial score (nSPS) is 12.9. The second-order valence-corrected chi connectivity index (χ2v) is 6.94. The van der Waals surface area contributed by atoms with Crippen molar-refractivity contribution in [3.8, 4) is 0 Å². The Hall–Kier alpha value is -3.15. The maximum absolute atomic E-state index is 12.7. The zero-order chi connectivity index (χ0) is 19.8. The number of anilines is 2. The molecule has 7 heteroatoms. The number of para-hydroxylation sites is 1. The lowest BCUT2D eigenvalue weighted by Crippen LogP contribution is -2.29. The molecule has 0 atom stereocenters. The molecule has 0 aromatic heterocycles. The highest BCUT2D eigenvalue weighted by Gasteiger charge is 2.37. The molecule has 0 bridgehead atoms. The van der Waals surface area contributed by atoms with E-state index in [-0.39, 0.29) is 27.1 Å². The zero-order valence-corrected chi connectivity index (χ0v) is 15.8. The number of rotatable bonds is 3. The molecular formula is C21H12Cl2N2O3. The molecule has 0 spiro atoms. The summed E-state index contributed by atoms with van der Waals surface area (Å²) in [6.45, 7) is 0. The largest absolute Gasteiger partial charge is 0.322 e. The molecular weight excluding hydrogens is 399 g/mol. The summed E-state index contributed by atoms with van der Waals surface area (Å²) in [7, 11) is 0. The van der Waals surface area contributed by atoms with Gasteiger partial charge in [0.15, 0.2) is 0 Å². The Kier molecular flexibility index (Phi) is 4.63. The van der Waals surface area contributed by atoms with Crippen LogP contribution < -0.4 is 10.2 Å². The third kappa shape index (κ3) is 3.15. The highest BCUT2D eigenvalue weighted by molar-refractivity contribution is 6.44. The average Bonchev–Trinajstić information content (AvgIpc) is 2.93. The number of hydrogen-bond donors (Lipinski definition) is 1. The van der Waals surface area contributed by atoms with Crippen LogP contribution in [0, 0.1) is 0 Å². The fraction of sp³-hybridized carbons (Fsp3) is 0. The SMILES string of the molecule is O=C(Nc1ccccc1)c1ccc(N2C(=O)c3cc(Cl)c(Cl)cc3C2=O)cc1. The topological polar surface area (TPSA) is 66.5 Å². The molecule has 4 rings (SSSR count). The van der Waals surface area contributed by atoms with Crippen molar-refractivity contribution in [2.45, 2.75) is 0 Å². The standard InChI is InChI=1S/C21H12Cl2N2O3/c22-17-10-15-16(11-18(17)23)21(28)25(20(15)27)14-8-6-12(7-9-14)19(26)24-13-4-2-1-3-5-13/h1-11H,(H,24,26). The summed E-state index contributed by atoms with van der Waals surface area (Å²) in [4.78, 5) is 38.7. The summed E-state index contributed by atoms with van der Waals surface area (Å²) in [5, 5.41) is 3.19. The van der Waals surface area contributed by atoms with E-state index in [2.05, 4.69) is 5.32 Å². The van der Waals surface area contributed by atoms with Gasteiger partial charge in [-0.1, -0.05) is 41.4 Å². The fourth-order valence-corrected chi connectivity index (χ4v) is 3.28. The fourth-order valence-electron chi connectivity index (χ4n) is 2.95. The lowest BCUT2D eigenvalue weighted by atomic mass is 10.1. The Labute approximate surface area is 170 Å². The molecule has 0 saturated heterocycles. The molecule has 1 aliphatic rings. The lowest BCUT2D eigenvalue weighted by Gasteiger charge is -2.14. The van der Waals surface area contributed by atoms with Crippen molar-refractivity contribution in [2.24, 2.45) is 0 Å². The van der Waals surface area contributed by atoms with Crippen LogP contribution in [0.15, 0.2) is 66.7 Å². The van der Waals surface area contributed by atoms with Gasteiger partial charge in [-0.3, -0.25) is 14.4 Å². The maximum Gasteiger partial charge on any atom is 0.266 e. The zero-order valence-electron chi connectivity index (χ0n) is 14.3. The molecule has 138 valence electrons. The van der Waals surface area contributed by atoms with Gasteiger partial charge in [0.25, 0.3) is 17.7 Å². The highest BCUT2D eigenvalue weighted by Crippen LogP contribution is 2.34. The van der Waals surface area contributed by atoms with E-state index in [9.17, 15) is 14.4 Å². The first kappa shape index (κ1) is 18.2. The molecule has 3 amide bonds. The molecule has 0 unspecified atom stereocenters. The van der Waals surface area contributed by atoms with Crippen molar-refractivity contribution in [2.75, 3.05) is 10.2 Å². The third-order valence-corrected chi connectivity index (χ3v) is 5.07. The van der Waals surface area contributed by atoms with Gasteiger partial charge in [-0.15, -0.1) is 0 Å². The molecule has 1 N–H and O–H groups in total. The number of halogens is 2. The minimum atomic E-state index is -0.486. The monoisotopic (exact) mass is 410 g/mol. The number of nitrogens with one attached hydrogen (secondary N) is 1. The third-order valence-electron chi connectivity index (χ3n) is 4.35. The summed E-state index contributed by atoms with van der Waals surface area (Å²) >= 11 is 11.9. The molecule has 3 aromatic rings. The van der Waals surface area contributed by atoms with E-state index in [0.29, 0.717) is 16.9 Å². The van der Waals surface area contributed by atoms with E-state index in [1.54, 1.807) is 36.4 Å². The molecule has 0 radical (unpaired) electrons. The minimum absolute atomic E-state index is 0.199. The highest BCUT2D eigenvalue weighted by atomic mass is 35.5. The predicted molar refractivity (Wildman–Crippen MR) is 108 cm³/mol. The summed E-state index contributed by atoms with van der Waals surface area (Å²) < 4.78 is 0. The molecule has 3 aromatic carbocycles. The second-order valence-electron chi connectivity index (χ2n) is 6.12. The number of carbonyl (C=O) groups is 3. The molecule has 5 nitrogen and oxygen atoms in total. The van der Waals surface area contributed by atoms with E-state index in [1.807, 2.05) is 18.2 Å². The first-order chi connectivity index (χ1) is 13.5. The Morgan fingerprint density at radius 3 is 1.86 bits per heavy atom. The van der Waals surface area contributed by atoms with Gasteiger partial charge in [-0.2, -0.15) is 0 Å². The van der Waals surface area contributed by atoms with Crippen molar-refractivity contribution in [3.05, 3.63) is 93.5 Å². The quantitative estimate of drug-likeness (QED) is 0.614. The summed E-state index contributed by atoms with van der Waals surface area (Å²) in [6, 6.07) is 18.0. The van der Waals surface area contributed by atoms with Crippen molar-refractivity contribution >= 4 is 52.3 Å². The van der Waals surface area contributed by atoms with Crippen LogP contribution in [0.1, 0.15) is 31.1 Å². The van der Waals surface area contributed by atoms with Crippen molar-refractivity contribution < 1.29 is 14.4 Å². The number of nitrogens with zero attached hydrogens (tertiary/aromatic N) is 1. The van der Waals surface area contributed by atoms with Crippen LogP contribution in [-0.2, 0) is 0 Å². The van der Waals surface area contributed by atoms with Crippen molar-refractivity contribution in [3.63, 3.8) is 0 Å². The number of hydrogen-bond acceptors (Lipinski definition) is 3. The summed E-state index contributed by atoms with van der Waals surface area (Å²) in [5.41, 5.74) is 1.83. The maximum atomic E-state index is 12.7. The van der Waals surface area contributed by atoms with Crippen LogP contribution in [0.5, 0.6) is 0 Å². The molecule has 28 heavy (non-hydrogen) atoms. The number of carbonyl (C=O) groups excluding carboxylic acids is 3. The second kappa shape index (κ2) is 7.11. The van der Waals surface area contributed by atoms with Gasteiger partial charge in [0.05, 0.1) is 26.9 Å². The van der Waals surface area contributed by atoms with E-state index >= 15 is 0 Å². The van der Waals surface area contributed by atoms with E-state index in [0.717, 1.165) is 4.90 Å². The van der Waals surface area contributed by atoms with Gasteiger partial charge < -0.3 is 5.32 Å². The number of amides is 3. The Bertz CT molecular complexity index is 1070. The van der Waals surface area contributed by atoms with Crippen molar-refractivity contribution in [1.82, 2.24) is 0 Å². The first-order valence-corrected chi connectivity index (χ1v) is 9.05. The molecule has 0 aliphatic carbocycles. The Balaban J connectivity index is 1.58. The minimum Gasteiger partial charge on any atom is -0.322 e. The Morgan fingerprint density at radius 2 is 1.32 bits per heavy atom. The summed E-state index contributed by atoms with van der Waals surface area (Å²) in [6.07, 6.45) is 0. The van der Waals surface area contributed by atoms with Crippen molar-refractivity contribution in [1.29, 1.82) is 0 Å². The predicted octanol–water partition coefficient (Wildman–Crippen LogP) is 5.05. The Morgan fingerprint density at radius 1 is 0.786 bits per heavy atom. The van der Waals surface area contributed by atoms with E-state index < -0.39 is 11.8 Å². The molecule has 1 aliphatic heterocycles. The average molecular weight is 411 g/mol. The van der Waals surface area contributed by atoms with Gasteiger partial charge in [-0.25, -0.2) is 4.90 Å². The van der Waals surface area contributed by atoms with Crippen LogP contribution >= 0.6 is 23.2 Å². The first-order valence-electron chi connectivity index (χ1n) is 8.30. The molecule has 0 fully saturated rings. The van der Waals surface area contributed by atoms with Gasteiger partial charge in [0.2, 0.25) is 0 Å². The van der Waals surface area contributed by atoms with Crippen LogP contribution in [0.25, 0.3) is 0 Å². The smallest absolute Gasteiger partial charge is 0.266 e. The molecule has 0 saturated carbocycles.